The molecule has 9 aromatic carbocycles. The molecule has 0 aliphatic heterocycles. The molecule has 0 radical (unpaired) electrons. The lowest BCUT2D eigenvalue weighted by Gasteiger charge is -2.15. The molecule has 254 valence electrons. The van der Waals surface area contributed by atoms with E-state index in [1.165, 1.54) is 38.2 Å². The van der Waals surface area contributed by atoms with Crippen LogP contribution in [0.2, 0.25) is 0 Å². The van der Waals surface area contributed by atoms with Gasteiger partial charge in [0.15, 0.2) is 0 Å². The van der Waals surface area contributed by atoms with Crippen LogP contribution in [-0.2, 0) is 0 Å². The van der Waals surface area contributed by atoms with Crippen LogP contribution in [0.15, 0.2) is 179 Å². The average Bonchev–Trinajstić information content (AvgIpc) is 3.79. The zero-order chi connectivity index (χ0) is 35.9. The fraction of sp³-hybridized carbons (Fsp3) is 0.0196. The number of hydrogen-bond acceptors (Lipinski definition) is 3. The number of nitrogen functional groups attached to an aromatic ring is 1. The second kappa shape index (κ2) is 11.7. The van der Waals surface area contributed by atoms with Gasteiger partial charge in [0.1, 0.15) is 22.3 Å². The Kier molecular flexibility index (Phi) is 6.62. The van der Waals surface area contributed by atoms with E-state index < -0.39 is 0 Å². The van der Waals surface area contributed by atoms with Gasteiger partial charge < -0.3 is 14.6 Å². The Labute approximate surface area is 311 Å². The zero-order valence-electron chi connectivity index (χ0n) is 29.6. The molecule has 0 amide bonds. The Bertz CT molecular complexity index is 3290. The van der Waals surface area contributed by atoms with Gasteiger partial charge in [-0.05, 0) is 115 Å². The number of nitrogens with two attached hydrogens (primary N) is 1. The third kappa shape index (κ3) is 4.55. The number of furan rings is 2. The monoisotopic (exact) mass is 691 g/mol. The van der Waals surface area contributed by atoms with Gasteiger partial charge in [-0.25, -0.2) is 0 Å². The van der Waals surface area contributed by atoms with Crippen molar-refractivity contribution in [2.24, 2.45) is 0 Å². The van der Waals surface area contributed by atoms with Crippen LogP contribution in [-0.4, -0.2) is 0 Å². The fourth-order valence-corrected chi connectivity index (χ4v) is 8.62. The van der Waals surface area contributed by atoms with Crippen molar-refractivity contribution in [1.82, 2.24) is 0 Å². The maximum atomic E-state index is 7.32. The molecule has 0 spiro atoms. The first-order valence-electron chi connectivity index (χ1n) is 18.4. The van der Waals surface area contributed by atoms with E-state index in [0.29, 0.717) is 5.69 Å². The van der Waals surface area contributed by atoms with Gasteiger partial charge in [-0.1, -0.05) is 127 Å². The Morgan fingerprint density at radius 3 is 1.80 bits per heavy atom. The molecule has 0 unspecified atom stereocenters. The highest BCUT2D eigenvalue weighted by atomic mass is 16.3. The van der Waals surface area contributed by atoms with Crippen molar-refractivity contribution in [2.75, 3.05) is 5.73 Å². The number of anilines is 1. The highest BCUT2D eigenvalue weighted by Gasteiger charge is 2.22. The first-order chi connectivity index (χ1) is 26.6. The van der Waals surface area contributed by atoms with E-state index in [1.807, 2.05) is 18.2 Å². The average molecular weight is 692 g/mol. The van der Waals surface area contributed by atoms with Gasteiger partial charge in [0.2, 0.25) is 0 Å². The fourth-order valence-electron chi connectivity index (χ4n) is 8.62. The van der Waals surface area contributed by atoms with Crippen LogP contribution >= 0.6 is 0 Å². The quantitative estimate of drug-likeness (QED) is 0.148. The van der Waals surface area contributed by atoms with Crippen LogP contribution in [0, 0.1) is 6.92 Å². The smallest absolute Gasteiger partial charge is 0.137 e. The highest BCUT2D eigenvalue weighted by molar-refractivity contribution is 6.20. The summed E-state index contributed by atoms with van der Waals surface area (Å²) < 4.78 is 12.9. The standard InChI is InChI=1S/C51H33NO2/c1-30-11-2-4-13-34(30)42-28-44-39-17-8-9-19-45(39)53-48(44)29-43(42)40-25-26-47-50(51(40)52)49-36(18-10-20-46(49)54-47)31-21-23-32(24-22-31)41-27-33-12-3-5-14-35(33)37-15-6-7-16-38(37)41/h2-29H,52H2,1H3. The van der Waals surface area contributed by atoms with E-state index in [-0.39, 0.29) is 0 Å². The van der Waals surface area contributed by atoms with Gasteiger partial charge in [0.25, 0.3) is 0 Å². The third-order valence-corrected chi connectivity index (χ3v) is 11.2. The minimum atomic E-state index is 0.684. The topological polar surface area (TPSA) is 52.3 Å². The molecule has 0 aliphatic rings. The summed E-state index contributed by atoms with van der Waals surface area (Å²) in [5.74, 6) is 0. The van der Waals surface area contributed by atoms with Crippen molar-refractivity contribution in [1.29, 1.82) is 0 Å². The van der Waals surface area contributed by atoms with E-state index in [9.17, 15) is 0 Å². The first-order valence-corrected chi connectivity index (χ1v) is 18.4. The predicted molar refractivity (Wildman–Crippen MR) is 227 cm³/mol. The van der Waals surface area contributed by atoms with Gasteiger partial charge in [-0.3, -0.25) is 0 Å². The molecule has 0 aliphatic carbocycles. The van der Waals surface area contributed by atoms with Gasteiger partial charge >= 0.3 is 0 Å². The van der Waals surface area contributed by atoms with Crippen molar-refractivity contribution in [3.05, 3.63) is 175 Å². The van der Waals surface area contributed by atoms with E-state index in [0.717, 1.165) is 77.3 Å². The minimum Gasteiger partial charge on any atom is -0.456 e. The molecule has 0 atom stereocenters. The first kappa shape index (κ1) is 30.5. The molecule has 11 aromatic rings. The van der Waals surface area contributed by atoms with Crippen molar-refractivity contribution >= 4 is 71.1 Å². The molecule has 0 saturated carbocycles. The number of fused-ring (bicyclic) bond motifs is 9. The van der Waals surface area contributed by atoms with Gasteiger partial charge in [0, 0.05) is 21.7 Å². The second-order valence-electron chi connectivity index (χ2n) is 14.3. The Morgan fingerprint density at radius 2 is 0.963 bits per heavy atom. The molecular formula is C51H33NO2. The minimum absolute atomic E-state index is 0.684. The third-order valence-electron chi connectivity index (χ3n) is 11.2. The lowest BCUT2D eigenvalue weighted by Crippen LogP contribution is -1.95. The number of aryl methyl sites for hydroxylation is 1. The van der Waals surface area contributed by atoms with E-state index in [1.54, 1.807) is 0 Å². The molecule has 2 N–H and O–H groups in total. The van der Waals surface area contributed by atoms with Crippen LogP contribution in [0.3, 0.4) is 0 Å². The molecule has 3 heteroatoms. The molecule has 3 nitrogen and oxygen atoms in total. The summed E-state index contributed by atoms with van der Waals surface area (Å²) in [4.78, 5) is 0. The Morgan fingerprint density at radius 1 is 0.352 bits per heavy atom. The summed E-state index contributed by atoms with van der Waals surface area (Å²) in [5.41, 5.74) is 21.3. The maximum Gasteiger partial charge on any atom is 0.137 e. The summed E-state index contributed by atoms with van der Waals surface area (Å²) in [6.45, 7) is 2.16. The summed E-state index contributed by atoms with van der Waals surface area (Å²) >= 11 is 0. The van der Waals surface area contributed by atoms with E-state index in [2.05, 4.69) is 159 Å². The molecule has 2 aromatic heterocycles. The predicted octanol–water partition coefficient (Wildman–Crippen LogP) is 14.4. The van der Waals surface area contributed by atoms with Gasteiger partial charge in [-0.2, -0.15) is 0 Å². The molecular weight excluding hydrogens is 659 g/mol. The number of hydrogen-bond donors (Lipinski definition) is 1. The molecule has 0 bridgehead atoms. The molecule has 2 heterocycles. The highest BCUT2D eigenvalue weighted by Crippen LogP contribution is 2.47. The lowest BCUT2D eigenvalue weighted by molar-refractivity contribution is 0.669. The zero-order valence-corrected chi connectivity index (χ0v) is 29.6. The Balaban J connectivity index is 1.10. The van der Waals surface area contributed by atoms with Crippen molar-refractivity contribution in [2.45, 2.75) is 6.92 Å². The summed E-state index contributed by atoms with van der Waals surface area (Å²) in [5, 5.41) is 9.14. The molecule has 11 rings (SSSR count). The van der Waals surface area contributed by atoms with E-state index in [4.69, 9.17) is 14.6 Å². The van der Waals surface area contributed by atoms with Crippen LogP contribution in [0.25, 0.3) is 110 Å². The molecule has 0 saturated heterocycles. The number of rotatable bonds is 4. The summed E-state index contributed by atoms with van der Waals surface area (Å²) in [6.07, 6.45) is 0. The summed E-state index contributed by atoms with van der Waals surface area (Å²) in [7, 11) is 0. The SMILES string of the molecule is Cc1ccccc1-c1cc2c(cc1-c1ccc3oc4cccc(-c5ccc(-c6cc7ccccc7c7ccccc67)cc5)c4c3c1N)oc1ccccc12. The van der Waals surface area contributed by atoms with Crippen molar-refractivity contribution in [3.63, 3.8) is 0 Å². The largest absolute Gasteiger partial charge is 0.456 e. The lowest BCUT2D eigenvalue weighted by atomic mass is 9.88. The van der Waals surface area contributed by atoms with Gasteiger partial charge in [-0.15, -0.1) is 0 Å². The Hall–Kier alpha value is -7.10. The van der Waals surface area contributed by atoms with Crippen molar-refractivity contribution < 1.29 is 8.83 Å². The second-order valence-corrected chi connectivity index (χ2v) is 14.3. The number of benzene rings is 9. The van der Waals surface area contributed by atoms with Crippen LogP contribution < -0.4 is 5.73 Å². The van der Waals surface area contributed by atoms with E-state index >= 15 is 0 Å². The van der Waals surface area contributed by atoms with Crippen molar-refractivity contribution in [3.8, 4) is 44.5 Å². The summed E-state index contributed by atoms with van der Waals surface area (Å²) in [6, 6.07) is 60.1. The number of para-hydroxylation sites is 1. The normalized spacial score (nSPS) is 11.9. The van der Waals surface area contributed by atoms with Crippen LogP contribution in [0.5, 0.6) is 0 Å². The molecule has 54 heavy (non-hydrogen) atoms. The maximum absolute atomic E-state index is 7.32. The van der Waals surface area contributed by atoms with Crippen LogP contribution in [0.4, 0.5) is 5.69 Å². The van der Waals surface area contributed by atoms with Crippen LogP contribution in [0.1, 0.15) is 5.56 Å². The molecule has 0 fully saturated rings. The van der Waals surface area contributed by atoms with Gasteiger partial charge in [0.05, 0.1) is 11.1 Å².